The summed E-state index contributed by atoms with van der Waals surface area (Å²) in [6, 6.07) is 0. The number of fused-ring (bicyclic) bond motifs is 7. The van der Waals surface area contributed by atoms with E-state index in [0.29, 0.717) is 12.8 Å². The molecule has 0 aromatic heterocycles. The van der Waals surface area contributed by atoms with E-state index in [4.69, 9.17) is 42.6 Å². The second kappa shape index (κ2) is 22.1. The molecule has 5 aliphatic carbocycles. The first kappa shape index (κ1) is 60.9. The summed E-state index contributed by atoms with van der Waals surface area (Å²) in [6.07, 6.45) is -27.5. The largest absolute Gasteiger partial charge is 0.467 e. The highest BCUT2D eigenvalue weighted by molar-refractivity contribution is 5.75. The van der Waals surface area contributed by atoms with Crippen molar-refractivity contribution in [3.8, 4) is 0 Å². The van der Waals surface area contributed by atoms with Gasteiger partial charge in [0.15, 0.2) is 31.3 Å². The Bertz CT molecular complexity index is 2150. The molecule has 13 N–H and O–H groups in total. The fraction of sp³-hybridized carbons (Fsp3) is 0.945. The second-order valence-corrected chi connectivity index (χ2v) is 26.6. The minimum Gasteiger partial charge on any atom is -0.467 e. The topological polar surface area (TPSA) is 363 Å². The summed E-state index contributed by atoms with van der Waals surface area (Å²) >= 11 is 0. The molecule has 0 aromatic carbocycles. The molecule has 4 heterocycles. The zero-order valence-electron chi connectivity index (χ0n) is 46.4. The first-order valence-corrected chi connectivity index (χ1v) is 28.2. The third kappa shape index (κ3) is 9.87. The SMILES string of the molecule is COC(=O)[C@H]1O[C@@H](O[C@H]2CC[C@@]3(C)[C@@H](CC[C@]4(C)[C@@H]3CC=C3[C@@H]5CC(C)(C)C[C@@H](O)[C@]5(C)CC[C@]34C)[C@@]2(C)CO)[C@H](O[C@@H]2O[C@H](CO[C@@H]3O[C@H](CO)[C@@H](O)[C@H](O)[C@H]3O)[C@H](O)[C@H](O)[C@H]2O[C@@H]2O[C@@H](C)[C@H](O)[C@@H](O)[C@H]2O)[C@@H](O)[C@@H]1O. The van der Waals surface area contributed by atoms with E-state index >= 15 is 0 Å². The molecule has 0 aromatic rings. The molecule has 0 radical (unpaired) electrons. The fourth-order valence-corrected chi connectivity index (χ4v) is 16.6. The molecule has 4 saturated heterocycles. The predicted molar refractivity (Wildman–Crippen MR) is 268 cm³/mol. The fourth-order valence-electron chi connectivity index (χ4n) is 16.6. The van der Waals surface area contributed by atoms with E-state index in [1.807, 2.05) is 6.92 Å². The number of rotatable bonds is 12. The Balaban J connectivity index is 1.01. The zero-order chi connectivity index (χ0) is 57.1. The van der Waals surface area contributed by atoms with Gasteiger partial charge in [0.1, 0.15) is 85.5 Å². The van der Waals surface area contributed by atoms with E-state index < -0.39 is 160 Å². The molecule has 23 heteroatoms. The molecule has 0 spiro atoms. The van der Waals surface area contributed by atoms with Crippen LogP contribution in [-0.2, 0) is 47.4 Å². The molecule has 9 rings (SSSR count). The Morgan fingerprint density at radius 2 is 1.21 bits per heavy atom. The van der Waals surface area contributed by atoms with Gasteiger partial charge in [-0.05, 0) is 104 Å². The Morgan fingerprint density at radius 3 is 1.86 bits per heavy atom. The average Bonchev–Trinajstić information content (AvgIpc) is 3.07. The third-order valence-corrected chi connectivity index (χ3v) is 21.8. The number of carbonyl (C=O) groups is 1. The normalized spacial score (nSPS) is 55.1. The van der Waals surface area contributed by atoms with Crippen molar-refractivity contribution in [2.75, 3.05) is 26.9 Å². The minimum absolute atomic E-state index is 0.00919. The van der Waals surface area contributed by atoms with Crippen LogP contribution in [0.15, 0.2) is 11.6 Å². The summed E-state index contributed by atoms with van der Waals surface area (Å²) in [5.74, 6) is -0.729. The third-order valence-electron chi connectivity index (χ3n) is 21.8. The molecule has 0 bridgehead atoms. The molecule has 9 aliphatic rings. The van der Waals surface area contributed by atoms with Crippen molar-refractivity contribution in [2.24, 2.45) is 50.2 Å². The Hall–Kier alpha value is -1.63. The number of carbonyl (C=O) groups excluding carboxylic acids is 1. The highest BCUT2D eigenvalue weighted by atomic mass is 16.8. The minimum atomic E-state index is -2.06. The van der Waals surface area contributed by atoms with Gasteiger partial charge in [-0.25, -0.2) is 4.79 Å². The molecule has 78 heavy (non-hydrogen) atoms. The molecule has 8 fully saturated rings. The molecular weight excluding hydrogens is 1030 g/mol. The highest BCUT2D eigenvalue weighted by Crippen LogP contribution is 2.76. The van der Waals surface area contributed by atoms with Crippen LogP contribution >= 0.6 is 0 Å². The van der Waals surface area contributed by atoms with Crippen molar-refractivity contribution < 1.29 is 114 Å². The second-order valence-electron chi connectivity index (χ2n) is 26.6. The van der Waals surface area contributed by atoms with Crippen LogP contribution in [0.4, 0.5) is 0 Å². The Morgan fingerprint density at radius 1 is 0.603 bits per heavy atom. The van der Waals surface area contributed by atoms with Gasteiger partial charge >= 0.3 is 5.97 Å². The standard InChI is InChI=1S/C55H90O23/c1-23-32(59)35(62)41(68)47(72-23)77-43-37(64)34(61)27(21-71-46-40(67)36(63)33(60)26(20-56)73-46)74-48(43)78-44-39(66)38(65)42(45(69)70-9)76-49(44)75-31-13-14-52(5)28(53(31,6)22-57)12-15-55(8)29(52)11-10-24-25-18-50(2,3)19-30(58)51(25,4)16-17-54(24,55)7/h10,23,25-44,46-49,56-68H,11-22H2,1-9H3/t23-,25-,26+,27+,28+,29+,30+,31-,32-,33+,34-,35+,36-,37-,38-,39-,40+,41+,42-,43+,44+,46+,47-,48-,49+,51+,52-,53+,54+,55+/m0/s1. The predicted octanol–water partition coefficient (Wildman–Crippen LogP) is -1.38. The van der Waals surface area contributed by atoms with Crippen LogP contribution in [-0.4, -0.2) is 234 Å². The zero-order valence-corrected chi connectivity index (χ0v) is 46.4. The lowest BCUT2D eigenvalue weighted by atomic mass is 9.33. The first-order valence-electron chi connectivity index (χ1n) is 28.2. The van der Waals surface area contributed by atoms with Gasteiger partial charge in [0, 0.05) is 10.8 Å². The van der Waals surface area contributed by atoms with Crippen LogP contribution < -0.4 is 0 Å². The van der Waals surface area contributed by atoms with Gasteiger partial charge in [-0.3, -0.25) is 0 Å². The van der Waals surface area contributed by atoms with Crippen molar-refractivity contribution in [2.45, 2.75) is 248 Å². The van der Waals surface area contributed by atoms with Crippen molar-refractivity contribution >= 4 is 5.97 Å². The lowest BCUT2D eigenvalue weighted by molar-refractivity contribution is -0.399. The molecule has 0 amide bonds. The van der Waals surface area contributed by atoms with Gasteiger partial charge in [0.05, 0.1) is 45.2 Å². The van der Waals surface area contributed by atoms with Gasteiger partial charge in [-0.2, -0.15) is 0 Å². The first-order chi connectivity index (χ1) is 36.5. The quantitative estimate of drug-likeness (QED) is 0.0608. The summed E-state index contributed by atoms with van der Waals surface area (Å²) in [6.45, 7) is 15.5. The van der Waals surface area contributed by atoms with Gasteiger partial charge in [0.2, 0.25) is 0 Å². The molecule has 23 nitrogen and oxygen atoms in total. The van der Waals surface area contributed by atoms with Gasteiger partial charge < -0.3 is 109 Å². The smallest absolute Gasteiger partial charge is 0.337 e. The van der Waals surface area contributed by atoms with Gasteiger partial charge in [-0.15, -0.1) is 0 Å². The number of esters is 1. The molecule has 4 saturated carbocycles. The maximum absolute atomic E-state index is 13.3. The number of ether oxygens (including phenoxy) is 9. The van der Waals surface area contributed by atoms with Gasteiger partial charge in [0.25, 0.3) is 0 Å². The molecule has 4 aliphatic heterocycles. The number of aliphatic hydroxyl groups excluding tert-OH is 13. The van der Waals surface area contributed by atoms with Crippen LogP contribution in [0.2, 0.25) is 0 Å². The summed E-state index contributed by atoms with van der Waals surface area (Å²) in [4.78, 5) is 13.3. The van der Waals surface area contributed by atoms with E-state index in [9.17, 15) is 71.2 Å². The molecule has 0 unspecified atom stereocenters. The van der Waals surface area contributed by atoms with E-state index in [1.54, 1.807) is 0 Å². The summed E-state index contributed by atoms with van der Waals surface area (Å²) in [7, 11) is 1.06. The Kier molecular flexibility index (Phi) is 17.3. The number of methoxy groups -OCH3 is 1. The van der Waals surface area contributed by atoms with Crippen LogP contribution in [0.25, 0.3) is 0 Å². The maximum Gasteiger partial charge on any atom is 0.337 e. The molecule has 448 valence electrons. The van der Waals surface area contributed by atoms with Crippen LogP contribution in [0, 0.1) is 50.2 Å². The van der Waals surface area contributed by atoms with Crippen molar-refractivity contribution in [3.05, 3.63) is 11.6 Å². The van der Waals surface area contributed by atoms with E-state index in [2.05, 4.69) is 47.6 Å². The summed E-state index contributed by atoms with van der Waals surface area (Å²) in [5.41, 5.74) is -0.291. The lowest BCUT2D eigenvalue weighted by Crippen LogP contribution is -2.68. The number of hydrogen-bond acceptors (Lipinski definition) is 23. The van der Waals surface area contributed by atoms with E-state index in [1.165, 1.54) is 12.5 Å². The Labute approximate surface area is 455 Å². The maximum atomic E-state index is 13.3. The number of aliphatic hydroxyl groups is 13. The van der Waals surface area contributed by atoms with Crippen molar-refractivity contribution in [1.82, 2.24) is 0 Å². The van der Waals surface area contributed by atoms with Crippen molar-refractivity contribution in [3.63, 3.8) is 0 Å². The van der Waals surface area contributed by atoms with E-state index in [-0.39, 0.29) is 51.4 Å². The van der Waals surface area contributed by atoms with Crippen LogP contribution in [0.3, 0.4) is 0 Å². The number of hydrogen-bond donors (Lipinski definition) is 13. The molecule has 30 atom stereocenters. The van der Waals surface area contributed by atoms with Gasteiger partial charge in [-0.1, -0.05) is 60.1 Å². The van der Waals surface area contributed by atoms with Crippen LogP contribution in [0.1, 0.15) is 113 Å². The highest BCUT2D eigenvalue weighted by Gasteiger charge is 2.70. The summed E-state index contributed by atoms with van der Waals surface area (Å²) < 4.78 is 53.6. The molecular formula is C55H90O23. The lowest BCUT2D eigenvalue weighted by Gasteiger charge is -2.72. The van der Waals surface area contributed by atoms with E-state index in [0.717, 1.165) is 52.1 Å². The average molecular weight is 1120 g/mol. The number of allylic oxidation sites excluding steroid dienone is 2. The summed E-state index contributed by atoms with van der Waals surface area (Å²) in [5, 5.41) is 144. The van der Waals surface area contributed by atoms with Crippen molar-refractivity contribution in [1.29, 1.82) is 0 Å². The monoisotopic (exact) mass is 1120 g/mol. The van der Waals surface area contributed by atoms with Crippen LogP contribution in [0.5, 0.6) is 0 Å².